The fourth-order valence-corrected chi connectivity index (χ4v) is 2.15. The molecule has 0 N–H and O–H groups in total. The van der Waals surface area contributed by atoms with Crippen LogP contribution in [0.5, 0.6) is 0 Å². The first-order valence-electron chi connectivity index (χ1n) is 6.20. The Morgan fingerprint density at radius 1 is 1.17 bits per heavy atom. The van der Waals surface area contributed by atoms with Gasteiger partial charge in [-0.15, -0.1) is 0 Å². The highest BCUT2D eigenvalue weighted by molar-refractivity contribution is 6.31. The van der Waals surface area contributed by atoms with Crippen LogP contribution < -0.4 is 0 Å². The van der Waals surface area contributed by atoms with Crippen LogP contribution in [0.3, 0.4) is 0 Å². The minimum atomic E-state index is -0.883. The summed E-state index contributed by atoms with van der Waals surface area (Å²) in [4.78, 5) is 12.2. The highest BCUT2D eigenvalue weighted by Gasteiger charge is 2.21. The van der Waals surface area contributed by atoms with Crippen LogP contribution in [0.2, 0.25) is 5.02 Å². The molecule has 0 bridgehead atoms. The molecule has 18 heavy (non-hydrogen) atoms. The third-order valence-electron chi connectivity index (χ3n) is 2.91. The third-order valence-corrected chi connectivity index (χ3v) is 3.27. The largest absolute Gasteiger partial charge is 0.294 e. The lowest BCUT2D eigenvalue weighted by molar-refractivity contribution is 0.0904. The smallest absolute Gasteiger partial charge is 0.166 e. The average Bonchev–Trinajstić information content (AvgIpc) is 2.34. The van der Waals surface area contributed by atoms with Crippen LogP contribution in [-0.2, 0) is 0 Å². The average molecular weight is 275 g/mol. The number of benzene rings is 1. The molecule has 0 radical (unpaired) electrons. The van der Waals surface area contributed by atoms with Crippen LogP contribution in [0.25, 0.3) is 0 Å². The molecule has 0 amide bonds. The van der Waals surface area contributed by atoms with E-state index in [1.807, 2.05) is 13.8 Å². The Labute approximate surface area is 111 Å². The number of hydrogen-bond acceptors (Lipinski definition) is 1. The predicted molar refractivity (Wildman–Crippen MR) is 69.0 cm³/mol. The lowest BCUT2D eigenvalue weighted by Crippen LogP contribution is -2.15. The van der Waals surface area contributed by atoms with Gasteiger partial charge in [-0.2, -0.15) is 0 Å². The number of carbonyl (C=O) groups is 1. The number of carbonyl (C=O) groups excluding carboxylic acids is 1. The van der Waals surface area contributed by atoms with Gasteiger partial charge in [-0.25, -0.2) is 8.78 Å². The molecule has 0 saturated carbocycles. The molecule has 1 aromatic rings. The molecule has 1 aromatic carbocycles. The fourth-order valence-electron chi connectivity index (χ4n) is 2.04. The van der Waals surface area contributed by atoms with Crippen LogP contribution in [0.1, 0.15) is 49.9 Å². The van der Waals surface area contributed by atoms with Crippen molar-refractivity contribution < 1.29 is 13.6 Å². The van der Waals surface area contributed by atoms with E-state index in [0.717, 1.165) is 37.8 Å². The molecule has 0 unspecified atom stereocenters. The summed E-state index contributed by atoms with van der Waals surface area (Å²) in [5.41, 5.74) is 0.0706. The first-order chi connectivity index (χ1) is 8.51. The van der Waals surface area contributed by atoms with Crippen LogP contribution >= 0.6 is 11.6 Å². The Balaban J connectivity index is 3.01. The van der Waals surface area contributed by atoms with Gasteiger partial charge in [0.25, 0.3) is 0 Å². The lowest BCUT2D eigenvalue weighted by atomic mass is 9.90. The monoisotopic (exact) mass is 274 g/mol. The van der Waals surface area contributed by atoms with Gasteiger partial charge in [-0.3, -0.25) is 4.79 Å². The van der Waals surface area contributed by atoms with Gasteiger partial charge in [0, 0.05) is 11.5 Å². The number of halogens is 3. The molecule has 0 saturated heterocycles. The van der Waals surface area contributed by atoms with Gasteiger partial charge in [0.05, 0.1) is 0 Å². The van der Waals surface area contributed by atoms with Gasteiger partial charge in [0.2, 0.25) is 0 Å². The second-order valence-electron chi connectivity index (χ2n) is 4.39. The molecule has 1 rings (SSSR count). The van der Waals surface area contributed by atoms with Crippen LogP contribution in [0, 0.1) is 17.6 Å². The maximum Gasteiger partial charge on any atom is 0.166 e. The van der Waals surface area contributed by atoms with E-state index in [1.54, 1.807) is 0 Å². The molecular weight excluding hydrogens is 258 g/mol. The van der Waals surface area contributed by atoms with E-state index in [-0.39, 0.29) is 17.3 Å². The van der Waals surface area contributed by atoms with E-state index < -0.39 is 16.7 Å². The Morgan fingerprint density at radius 3 is 2.00 bits per heavy atom. The van der Waals surface area contributed by atoms with Crippen molar-refractivity contribution in [1.29, 1.82) is 0 Å². The van der Waals surface area contributed by atoms with Crippen LogP contribution in [-0.4, -0.2) is 5.78 Å². The highest BCUT2D eigenvalue weighted by Crippen LogP contribution is 2.25. The second kappa shape index (κ2) is 6.83. The Bertz CT molecular complexity index is 403. The van der Waals surface area contributed by atoms with Gasteiger partial charge >= 0.3 is 0 Å². The Morgan fingerprint density at radius 2 is 1.61 bits per heavy atom. The normalized spacial score (nSPS) is 11.0. The molecular formula is C14H17ClF2O. The molecule has 0 aliphatic rings. The minimum Gasteiger partial charge on any atom is -0.294 e. The summed E-state index contributed by atoms with van der Waals surface area (Å²) in [5, 5.41) is -0.561. The molecule has 0 atom stereocenters. The number of hydrogen-bond donors (Lipinski definition) is 0. The minimum absolute atomic E-state index is 0.0706. The van der Waals surface area contributed by atoms with E-state index in [2.05, 4.69) is 0 Å². The van der Waals surface area contributed by atoms with Gasteiger partial charge in [0.1, 0.15) is 16.7 Å². The molecule has 4 heteroatoms. The van der Waals surface area contributed by atoms with Gasteiger partial charge in [0.15, 0.2) is 5.78 Å². The van der Waals surface area contributed by atoms with Crippen molar-refractivity contribution in [3.63, 3.8) is 0 Å². The van der Waals surface area contributed by atoms with E-state index in [0.29, 0.717) is 0 Å². The Kier molecular flexibility index (Phi) is 5.73. The zero-order chi connectivity index (χ0) is 13.7. The molecule has 0 aliphatic heterocycles. The predicted octanol–water partition coefficient (Wildman–Crippen LogP) is 5.02. The summed E-state index contributed by atoms with van der Waals surface area (Å²) >= 11 is 5.39. The van der Waals surface area contributed by atoms with Gasteiger partial charge in [-0.1, -0.05) is 38.3 Å². The quantitative estimate of drug-likeness (QED) is 0.526. The van der Waals surface area contributed by atoms with Crippen molar-refractivity contribution in [3.8, 4) is 0 Å². The van der Waals surface area contributed by atoms with E-state index >= 15 is 0 Å². The molecule has 0 aromatic heterocycles. The molecule has 0 fully saturated rings. The fraction of sp³-hybridized carbons (Fsp3) is 0.500. The second-order valence-corrected chi connectivity index (χ2v) is 4.77. The number of rotatable bonds is 6. The van der Waals surface area contributed by atoms with Crippen LogP contribution in [0.4, 0.5) is 8.78 Å². The summed E-state index contributed by atoms with van der Waals surface area (Å²) in [7, 11) is 0. The van der Waals surface area contributed by atoms with Crippen molar-refractivity contribution >= 4 is 17.4 Å². The summed E-state index contributed by atoms with van der Waals surface area (Å²) in [6.07, 6.45) is 3.21. The molecule has 100 valence electrons. The van der Waals surface area contributed by atoms with Crippen molar-refractivity contribution in [1.82, 2.24) is 0 Å². The number of ketones is 1. The SMILES string of the molecule is CCCC(CCC)C(=O)c1cc(F)c(Cl)c(F)c1. The van der Waals surface area contributed by atoms with Crippen molar-refractivity contribution in [2.24, 2.45) is 5.92 Å². The first-order valence-corrected chi connectivity index (χ1v) is 6.57. The third kappa shape index (κ3) is 3.52. The van der Waals surface area contributed by atoms with Crippen LogP contribution in [0.15, 0.2) is 12.1 Å². The summed E-state index contributed by atoms with van der Waals surface area (Å²) < 4.78 is 26.6. The summed E-state index contributed by atoms with van der Waals surface area (Å²) in [6.45, 7) is 3.97. The first kappa shape index (κ1) is 15.1. The van der Waals surface area contributed by atoms with Crippen molar-refractivity contribution in [2.75, 3.05) is 0 Å². The maximum atomic E-state index is 13.3. The highest BCUT2D eigenvalue weighted by atomic mass is 35.5. The topological polar surface area (TPSA) is 17.1 Å². The Hall–Kier alpha value is -0.960. The van der Waals surface area contributed by atoms with Crippen molar-refractivity contribution in [3.05, 3.63) is 34.4 Å². The lowest BCUT2D eigenvalue weighted by Gasteiger charge is -2.14. The molecule has 0 spiro atoms. The van der Waals surface area contributed by atoms with Gasteiger partial charge < -0.3 is 0 Å². The number of Topliss-reactive ketones (excluding diaryl/α,β-unsaturated/α-hetero) is 1. The van der Waals surface area contributed by atoms with Gasteiger partial charge in [-0.05, 0) is 25.0 Å². The zero-order valence-corrected chi connectivity index (χ0v) is 11.4. The zero-order valence-electron chi connectivity index (χ0n) is 10.6. The summed E-state index contributed by atoms with van der Waals surface area (Å²) in [5.74, 6) is -2.13. The molecule has 0 heterocycles. The van der Waals surface area contributed by atoms with E-state index in [1.165, 1.54) is 0 Å². The standard InChI is InChI=1S/C14H17ClF2O/c1-3-5-9(6-4-2)14(18)10-7-11(16)13(15)12(17)8-10/h7-9H,3-6H2,1-2H3. The maximum absolute atomic E-state index is 13.3. The van der Waals surface area contributed by atoms with Crippen molar-refractivity contribution in [2.45, 2.75) is 39.5 Å². The molecule has 1 nitrogen and oxygen atoms in total. The van der Waals surface area contributed by atoms with E-state index in [4.69, 9.17) is 11.6 Å². The summed E-state index contributed by atoms with van der Waals surface area (Å²) in [6, 6.07) is 2.04. The molecule has 0 aliphatic carbocycles. The van der Waals surface area contributed by atoms with E-state index in [9.17, 15) is 13.6 Å².